The Kier molecular flexibility index (Phi) is 6.37. The number of aliphatic carboxylic acids is 1. The topological polar surface area (TPSA) is 88.2 Å². The van der Waals surface area contributed by atoms with Crippen molar-refractivity contribution >= 4 is 40.7 Å². The molecule has 194 valence electrons. The van der Waals surface area contributed by atoms with Crippen molar-refractivity contribution in [3.8, 4) is 33.7 Å². The summed E-state index contributed by atoms with van der Waals surface area (Å²) in [4.78, 5) is 16.7. The number of pyridine rings is 1. The van der Waals surface area contributed by atoms with E-state index in [1.54, 1.807) is 6.07 Å². The first-order valence-corrected chi connectivity index (χ1v) is 13.2. The summed E-state index contributed by atoms with van der Waals surface area (Å²) in [6.07, 6.45) is 1.31. The number of nitrogens with one attached hydrogen (secondary N) is 1. The smallest absolute Gasteiger partial charge is 0.314 e. The van der Waals surface area contributed by atoms with Crippen molar-refractivity contribution in [2.24, 2.45) is 0 Å². The fraction of sp³-hybridized carbons (Fsp3) is 0.129. The molecule has 0 saturated heterocycles. The highest BCUT2D eigenvalue weighted by molar-refractivity contribution is 6.43. The summed E-state index contributed by atoms with van der Waals surface area (Å²) in [6.45, 7) is 1.86. The van der Waals surface area contributed by atoms with Crippen molar-refractivity contribution in [3.63, 3.8) is 0 Å². The van der Waals surface area contributed by atoms with E-state index < -0.39 is 11.4 Å². The third-order valence-electron chi connectivity index (χ3n) is 7.15. The second kappa shape index (κ2) is 9.88. The van der Waals surface area contributed by atoms with Crippen LogP contribution in [0.4, 0.5) is 11.5 Å². The van der Waals surface area contributed by atoms with E-state index in [1.807, 2.05) is 85.8 Å². The van der Waals surface area contributed by atoms with Crippen LogP contribution in [0.2, 0.25) is 10.0 Å². The number of carbonyl (C=O) groups is 1. The minimum absolute atomic E-state index is 0.447. The second-order valence-electron chi connectivity index (χ2n) is 9.62. The summed E-state index contributed by atoms with van der Waals surface area (Å²) in [5, 5.41) is 18.3. The number of aryl methyl sites for hydroxylation is 1. The number of nitrogens with zero attached hydrogens (tertiary/aromatic N) is 2. The third kappa shape index (κ3) is 4.56. The highest BCUT2D eigenvalue weighted by atomic mass is 35.5. The molecular formula is C31H23Cl2N3O3. The van der Waals surface area contributed by atoms with Crippen LogP contribution < -0.4 is 5.32 Å². The van der Waals surface area contributed by atoms with Crippen molar-refractivity contribution < 1.29 is 14.4 Å². The van der Waals surface area contributed by atoms with Gasteiger partial charge in [0.2, 0.25) is 0 Å². The zero-order valence-electron chi connectivity index (χ0n) is 20.9. The monoisotopic (exact) mass is 555 g/mol. The van der Waals surface area contributed by atoms with Gasteiger partial charge in [-0.1, -0.05) is 95.1 Å². The van der Waals surface area contributed by atoms with Gasteiger partial charge in [0.1, 0.15) is 17.2 Å². The fourth-order valence-corrected chi connectivity index (χ4v) is 5.27. The van der Waals surface area contributed by atoms with Crippen LogP contribution in [0.1, 0.15) is 24.1 Å². The van der Waals surface area contributed by atoms with E-state index in [4.69, 9.17) is 32.7 Å². The lowest BCUT2D eigenvalue weighted by Crippen LogP contribution is -2.20. The number of benzene rings is 3. The van der Waals surface area contributed by atoms with Crippen LogP contribution in [-0.2, 0) is 10.2 Å². The van der Waals surface area contributed by atoms with Gasteiger partial charge in [0, 0.05) is 11.1 Å². The van der Waals surface area contributed by atoms with Crippen molar-refractivity contribution in [1.82, 2.24) is 10.1 Å². The normalized spacial score (nSPS) is 13.7. The Bertz CT molecular complexity index is 1710. The maximum absolute atomic E-state index is 12.0. The standard InChI is InChI=1S/C31H23Cl2N3O3/c1-18-28(35-26-11-5-10-25(34-26)22-7-4-9-24(32)27(22)33)29(39-36-18)20-14-12-19(13-15-20)21-6-2-3-8-23(21)31(16-17-31)30(37)38/h2-15H,16-17H2,1H3,(H,34,35)(H,37,38). The first kappa shape index (κ1) is 25.2. The van der Waals surface area contributed by atoms with Crippen LogP contribution >= 0.6 is 23.2 Å². The molecule has 0 bridgehead atoms. The molecule has 0 spiro atoms. The molecule has 1 saturated carbocycles. The number of anilines is 2. The van der Waals surface area contributed by atoms with E-state index >= 15 is 0 Å². The molecule has 6 rings (SSSR count). The van der Waals surface area contributed by atoms with E-state index in [1.165, 1.54) is 0 Å². The average molecular weight is 556 g/mol. The van der Waals surface area contributed by atoms with E-state index in [2.05, 4.69) is 10.5 Å². The maximum Gasteiger partial charge on any atom is 0.314 e. The Morgan fingerprint density at radius 1 is 0.897 bits per heavy atom. The first-order valence-electron chi connectivity index (χ1n) is 12.5. The molecule has 0 aliphatic heterocycles. The summed E-state index contributed by atoms with van der Waals surface area (Å²) in [5.41, 5.74) is 5.57. The number of carboxylic acid groups (broad SMARTS) is 1. The number of hydrogen-bond acceptors (Lipinski definition) is 5. The zero-order valence-corrected chi connectivity index (χ0v) is 22.4. The third-order valence-corrected chi connectivity index (χ3v) is 7.97. The molecule has 6 nitrogen and oxygen atoms in total. The van der Waals surface area contributed by atoms with Crippen LogP contribution in [0, 0.1) is 6.92 Å². The molecular weight excluding hydrogens is 533 g/mol. The van der Waals surface area contributed by atoms with Gasteiger partial charge in [-0.15, -0.1) is 0 Å². The van der Waals surface area contributed by atoms with Crippen molar-refractivity contribution in [2.75, 3.05) is 5.32 Å². The molecule has 39 heavy (non-hydrogen) atoms. The number of hydrogen-bond donors (Lipinski definition) is 2. The van der Waals surface area contributed by atoms with E-state index in [-0.39, 0.29) is 0 Å². The number of rotatable bonds is 7. The minimum atomic E-state index is -0.786. The predicted octanol–water partition coefficient (Wildman–Crippen LogP) is 8.55. The van der Waals surface area contributed by atoms with Gasteiger partial charge in [-0.2, -0.15) is 0 Å². The molecule has 2 heterocycles. The maximum atomic E-state index is 12.0. The lowest BCUT2D eigenvalue weighted by atomic mass is 9.88. The Hall–Kier alpha value is -4.13. The van der Waals surface area contributed by atoms with Crippen LogP contribution in [0.3, 0.4) is 0 Å². The van der Waals surface area contributed by atoms with Crippen LogP contribution in [0.15, 0.2) is 89.5 Å². The Labute approximate surface area is 235 Å². The molecule has 3 aromatic carbocycles. The molecule has 1 fully saturated rings. The quantitative estimate of drug-likeness (QED) is 0.209. The van der Waals surface area contributed by atoms with Crippen molar-refractivity contribution in [2.45, 2.75) is 25.2 Å². The SMILES string of the molecule is Cc1noc(-c2ccc(-c3ccccc3C3(C(=O)O)CC3)cc2)c1Nc1cccc(-c2cccc(Cl)c2Cl)n1. The van der Waals surface area contributed by atoms with E-state index in [0.29, 0.717) is 51.5 Å². The second-order valence-corrected chi connectivity index (χ2v) is 10.4. The molecule has 0 unspecified atom stereocenters. The van der Waals surface area contributed by atoms with E-state index in [9.17, 15) is 9.90 Å². The lowest BCUT2D eigenvalue weighted by molar-refractivity contribution is -0.140. The molecule has 2 N–H and O–H groups in total. The Morgan fingerprint density at radius 2 is 1.59 bits per heavy atom. The van der Waals surface area contributed by atoms with Crippen LogP contribution in [0.25, 0.3) is 33.7 Å². The van der Waals surface area contributed by atoms with Gasteiger partial charge < -0.3 is 14.9 Å². The highest BCUT2D eigenvalue weighted by Gasteiger charge is 2.52. The van der Waals surface area contributed by atoms with Gasteiger partial charge in [-0.25, -0.2) is 4.98 Å². The Morgan fingerprint density at radius 3 is 2.33 bits per heavy atom. The molecule has 2 aromatic heterocycles. The molecule has 5 aromatic rings. The predicted molar refractivity (Wildman–Crippen MR) is 154 cm³/mol. The molecule has 1 aliphatic rings. The molecule has 8 heteroatoms. The van der Waals surface area contributed by atoms with E-state index in [0.717, 1.165) is 27.8 Å². The van der Waals surface area contributed by atoms with Gasteiger partial charge >= 0.3 is 5.97 Å². The molecule has 1 aliphatic carbocycles. The fourth-order valence-electron chi connectivity index (χ4n) is 4.87. The first-order chi connectivity index (χ1) is 18.9. The van der Waals surface area contributed by atoms with Gasteiger partial charge in [0.05, 0.1) is 21.2 Å². The lowest BCUT2D eigenvalue weighted by Gasteiger charge is -2.16. The number of halogens is 2. The highest BCUT2D eigenvalue weighted by Crippen LogP contribution is 2.51. The van der Waals surface area contributed by atoms with Gasteiger partial charge in [0.15, 0.2) is 5.76 Å². The van der Waals surface area contributed by atoms with Crippen LogP contribution in [-0.4, -0.2) is 21.2 Å². The summed E-state index contributed by atoms with van der Waals surface area (Å²) >= 11 is 12.6. The molecule has 0 atom stereocenters. The van der Waals surface area contributed by atoms with Gasteiger partial charge in [-0.3, -0.25) is 4.79 Å². The van der Waals surface area contributed by atoms with Gasteiger partial charge in [0.25, 0.3) is 0 Å². The van der Waals surface area contributed by atoms with Gasteiger partial charge in [-0.05, 0) is 54.7 Å². The summed E-state index contributed by atoms with van der Waals surface area (Å²) in [7, 11) is 0. The molecule has 0 radical (unpaired) electrons. The van der Waals surface area contributed by atoms with Crippen LogP contribution in [0.5, 0.6) is 0 Å². The summed E-state index contributed by atoms with van der Waals surface area (Å²) in [6, 6.07) is 26.7. The minimum Gasteiger partial charge on any atom is -0.481 e. The zero-order chi connectivity index (χ0) is 27.1. The van der Waals surface area contributed by atoms with Crippen molar-refractivity contribution in [3.05, 3.63) is 106 Å². The largest absolute Gasteiger partial charge is 0.481 e. The number of aromatic nitrogens is 2. The van der Waals surface area contributed by atoms with Crippen molar-refractivity contribution in [1.29, 1.82) is 0 Å². The average Bonchev–Trinajstić information content (AvgIpc) is 3.70. The Balaban J connectivity index is 1.31. The summed E-state index contributed by atoms with van der Waals surface area (Å²) in [5.74, 6) is 0.407. The molecule has 0 amide bonds. The summed E-state index contributed by atoms with van der Waals surface area (Å²) < 4.78 is 5.71. The number of carboxylic acids is 1.